The molecule has 0 atom stereocenters. The lowest BCUT2D eigenvalue weighted by Gasteiger charge is -2.13. The van der Waals surface area contributed by atoms with Gasteiger partial charge in [0.05, 0.1) is 22.1 Å². The van der Waals surface area contributed by atoms with Gasteiger partial charge < -0.3 is 14.6 Å². The highest BCUT2D eigenvalue weighted by Gasteiger charge is 2.36. The van der Waals surface area contributed by atoms with E-state index in [9.17, 15) is 23.6 Å². The van der Waals surface area contributed by atoms with E-state index in [2.05, 4.69) is 5.32 Å². The number of carbonyl (C=O) groups excluding carboxylic acids is 4. The Labute approximate surface area is 256 Å². The van der Waals surface area contributed by atoms with Crippen LogP contribution in [-0.2, 0) is 20.9 Å². The molecule has 1 fully saturated rings. The summed E-state index contributed by atoms with van der Waals surface area (Å²) in [6.07, 6.45) is 5.09. The number of ether oxygens (including phenoxy) is 1. The van der Waals surface area contributed by atoms with E-state index >= 15 is 0 Å². The van der Waals surface area contributed by atoms with Gasteiger partial charge in [-0.3, -0.25) is 19.3 Å². The zero-order valence-electron chi connectivity index (χ0n) is 23.1. The molecular weight excluding hydrogens is 593 g/mol. The molecule has 1 aromatic heterocycles. The average Bonchev–Trinajstić information content (AvgIpc) is 3.46. The first-order chi connectivity index (χ1) is 20.7. The number of nitrogens with zero attached hydrogens (tertiary/aromatic N) is 2. The third kappa shape index (κ3) is 6.98. The standard InChI is InChI=1S/C32H27ClFN3O5S/c1-2-3-14-42-31(40)25-16-23(12-13-26(25)33)35-29(38)19-37-30(39)28(43-32(37)41)15-21-18-36(27-7-5-4-6-24(21)27)17-20-8-10-22(34)11-9-20/h4-13,15-16,18H,2-3,14,17,19H2,1H3,(H,35,38)/b28-15-. The SMILES string of the molecule is CCCCOC(=O)c1cc(NC(=O)CN2C(=O)S/C(=C\c3cn(Cc4ccc(F)cc4)c4ccccc34)C2=O)ccc1Cl. The van der Waals surface area contributed by atoms with Crippen LogP contribution < -0.4 is 5.32 Å². The summed E-state index contributed by atoms with van der Waals surface area (Å²) >= 11 is 6.90. The molecule has 5 rings (SSSR count). The third-order valence-corrected chi connectivity index (χ3v) is 7.99. The summed E-state index contributed by atoms with van der Waals surface area (Å²) in [5, 5.41) is 3.09. The van der Waals surface area contributed by atoms with Gasteiger partial charge in [-0.05, 0) is 66.2 Å². The van der Waals surface area contributed by atoms with Gasteiger partial charge >= 0.3 is 5.97 Å². The molecule has 1 aliphatic heterocycles. The summed E-state index contributed by atoms with van der Waals surface area (Å²) in [7, 11) is 0. The monoisotopic (exact) mass is 619 g/mol. The first-order valence-electron chi connectivity index (χ1n) is 13.6. The summed E-state index contributed by atoms with van der Waals surface area (Å²) in [4.78, 5) is 52.2. The molecule has 0 saturated carbocycles. The van der Waals surface area contributed by atoms with Gasteiger partial charge in [0.2, 0.25) is 5.91 Å². The fourth-order valence-corrected chi connectivity index (χ4v) is 5.60. The number of unbranched alkanes of at least 4 members (excludes halogenated alkanes) is 1. The van der Waals surface area contributed by atoms with Crippen molar-refractivity contribution in [3.63, 3.8) is 0 Å². The minimum atomic E-state index is -0.618. The predicted octanol–water partition coefficient (Wildman–Crippen LogP) is 7.11. The van der Waals surface area contributed by atoms with Gasteiger partial charge in [0.15, 0.2) is 0 Å². The maximum absolute atomic E-state index is 13.4. The Bertz CT molecular complexity index is 1750. The first kappa shape index (κ1) is 30.1. The number of amides is 3. The fraction of sp³-hybridized carbons (Fsp3) is 0.188. The van der Waals surface area contributed by atoms with E-state index in [1.807, 2.05) is 42.0 Å². The number of benzene rings is 3. The lowest BCUT2D eigenvalue weighted by molar-refractivity contribution is -0.127. The second-order valence-corrected chi connectivity index (χ2v) is 11.3. The van der Waals surface area contributed by atoms with Crippen LogP contribution in [0.4, 0.5) is 14.9 Å². The molecule has 8 nitrogen and oxygen atoms in total. The molecule has 1 aliphatic rings. The number of anilines is 1. The van der Waals surface area contributed by atoms with Crippen molar-refractivity contribution in [1.29, 1.82) is 0 Å². The van der Waals surface area contributed by atoms with Crippen LogP contribution in [0.25, 0.3) is 17.0 Å². The number of thioether (sulfide) groups is 1. The Morgan fingerprint density at radius 3 is 2.60 bits per heavy atom. The molecule has 3 aromatic carbocycles. The molecule has 0 radical (unpaired) electrons. The molecular formula is C32H27ClFN3O5S. The Hall–Kier alpha value is -4.41. The van der Waals surface area contributed by atoms with Crippen molar-refractivity contribution in [3.8, 4) is 0 Å². The Morgan fingerprint density at radius 2 is 1.84 bits per heavy atom. The van der Waals surface area contributed by atoms with Crippen LogP contribution in [0.15, 0.2) is 77.8 Å². The van der Waals surface area contributed by atoms with Crippen LogP contribution in [0.5, 0.6) is 0 Å². The summed E-state index contributed by atoms with van der Waals surface area (Å²) in [6, 6.07) is 18.2. The normalized spacial score (nSPS) is 14.1. The van der Waals surface area contributed by atoms with Crippen molar-refractivity contribution in [3.05, 3.63) is 105 Å². The third-order valence-electron chi connectivity index (χ3n) is 6.75. The maximum Gasteiger partial charge on any atom is 0.339 e. The number of rotatable bonds is 10. The molecule has 0 bridgehead atoms. The highest BCUT2D eigenvalue weighted by atomic mass is 35.5. The van der Waals surface area contributed by atoms with E-state index in [-0.39, 0.29) is 33.6 Å². The number of halogens is 2. The summed E-state index contributed by atoms with van der Waals surface area (Å²) in [5.41, 5.74) is 2.92. The number of fused-ring (bicyclic) bond motifs is 1. The topological polar surface area (TPSA) is 97.7 Å². The number of aromatic nitrogens is 1. The smallest absolute Gasteiger partial charge is 0.339 e. The molecule has 1 N–H and O–H groups in total. The van der Waals surface area contributed by atoms with Gasteiger partial charge in [-0.2, -0.15) is 0 Å². The molecule has 0 aliphatic carbocycles. The van der Waals surface area contributed by atoms with Crippen LogP contribution in [0.1, 0.15) is 41.3 Å². The fourth-order valence-electron chi connectivity index (χ4n) is 4.58. The van der Waals surface area contributed by atoms with Crippen molar-refractivity contribution in [2.45, 2.75) is 26.3 Å². The van der Waals surface area contributed by atoms with Crippen LogP contribution in [0.3, 0.4) is 0 Å². The number of para-hydroxylation sites is 1. The van der Waals surface area contributed by atoms with Crippen molar-refractivity contribution >= 4 is 69.1 Å². The minimum Gasteiger partial charge on any atom is -0.462 e. The number of hydrogen-bond acceptors (Lipinski definition) is 6. The van der Waals surface area contributed by atoms with Crippen molar-refractivity contribution in [1.82, 2.24) is 9.47 Å². The second-order valence-electron chi connectivity index (χ2n) is 9.86. The maximum atomic E-state index is 13.4. The second kappa shape index (κ2) is 13.3. The number of esters is 1. The van der Waals surface area contributed by atoms with Crippen molar-refractivity contribution in [2.24, 2.45) is 0 Å². The lowest BCUT2D eigenvalue weighted by Crippen LogP contribution is -2.36. The lowest BCUT2D eigenvalue weighted by atomic mass is 10.1. The summed E-state index contributed by atoms with van der Waals surface area (Å²) in [5.74, 6) is -2.12. The van der Waals surface area contributed by atoms with E-state index in [0.717, 1.165) is 45.1 Å². The largest absolute Gasteiger partial charge is 0.462 e. The molecule has 11 heteroatoms. The number of nitrogens with one attached hydrogen (secondary N) is 1. The molecule has 43 heavy (non-hydrogen) atoms. The Balaban J connectivity index is 1.30. The van der Waals surface area contributed by atoms with Gasteiger partial charge in [-0.15, -0.1) is 0 Å². The zero-order valence-corrected chi connectivity index (χ0v) is 24.7. The number of imide groups is 1. The first-order valence-corrected chi connectivity index (χ1v) is 14.8. The van der Waals surface area contributed by atoms with Crippen molar-refractivity contribution < 1.29 is 28.3 Å². The van der Waals surface area contributed by atoms with E-state index in [0.29, 0.717) is 13.0 Å². The predicted molar refractivity (Wildman–Crippen MR) is 165 cm³/mol. The molecule has 0 unspecified atom stereocenters. The van der Waals surface area contributed by atoms with Crippen LogP contribution >= 0.6 is 23.4 Å². The van der Waals surface area contributed by atoms with E-state index in [4.69, 9.17) is 16.3 Å². The Kier molecular flexibility index (Phi) is 9.27. The van der Waals surface area contributed by atoms with Gasteiger partial charge in [-0.1, -0.05) is 55.3 Å². The van der Waals surface area contributed by atoms with E-state index in [1.54, 1.807) is 18.2 Å². The number of carbonyl (C=O) groups is 4. The molecule has 3 amide bonds. The molecule has 1 saturated heterocycles. The minimum absolute atomic E-state index is 0.100. The molecule has 2 heterocycles. The van der Waals surface area contributed by atoms with E-state index < -0.39 is 29.6 Å². The highest BCUT2D eigenvalue weighted by molar-refractivity contribution is 8.18. The van der Waals surface area contributed by atoms with Gasteiger partial charge in [0.25, 0.3) is 11.1 Å². The van der Waals surface area contributed by atoms with Crippen LogP contribution in [0.2, 0.25) is 5.02 Å². The molecule has 0 spiro atoms. The molecule has 220 valence electrons. The Morgan fingerprint density at radius 1 is 1.07 bits per heavy atom. The average molecular weight is 620 g/mol. The summed E-state index contributed by atoms with van der Waals surface area (Å²) in [6.45, 7) is 2.21. The van der Waals surface area contributed by atoms with Gasteiger partial charge in [-0.25, -0.2) is 9.18 Å². The quantitative estimate of drug-likeness (QED) is 0.115. The summed E-state index contributed by atoms with van der Waals surface area (Å²) < 4.78 is 20.6. The van der Waals surface area contributed by atoms with Gasteiger partial charge in [0, 0.05) is 34.9 Å². The van der Waals surface area contributed by atoms with Crippen molar-refractivity contribution in [2.75, 3.05) is 18.5 Å². The van der Waals surface area contributed by atoms with E-state index in [1.165, 1.54) is 30.3 Å². The number of hydrogen-bond donors (Lipinski definition) is 1. The van der Waals surface area contributed by atoms with Crippen LogP contribution in [0, 0.1) is 5.82 Å². The van der Waals surface area contributed by atoms with Gasteiger partial charge in [0.1, 0.15) is 12.4 Å². The van der Waals surface area contributed by atoms with Crippen LogP contribution in [-0.4, -0.2) is 45.6 Å². The zero-order chi connectivity index (χ0) is 30.5. The molecule has 4 aromatic rings. The highest BCUT2D eigenvalue weighted by Crippen LogP contribution is 2.34.